The van der Waals surface area contributed by atoms with E-state index in [-0.39, 0.29) is 18.2 Å². The average molecular weight is 479 g/mol. The molecule has 1 atom stereocenters. The van der Waals surface area contributed by atoms with Gasteiger partial charge in [-0.2, -0.15) is 0 Å². The zero-order valence-corrected chi connectivity index (χ0v) is 19.2. The van der Waals surface area contributed by atoms with E-state index in [1.165, 1.54) is 0 Å². The zero-order chi connectivity index (χ0) is 22.1. The number of rotatable bonds is 9. The normalized spacial score (nSPS) is 11.5. The van der Waals surface area contributed by atoms with E-state index in [9.17, 15) is 9.59 Å². The Hall–Kier alpha value is -2.92. The first-order valence-electron chi connectivity index (χ1n) is 10.5. The third-order valence-corrected chi connectivity index (χ3v) is 5.62. The highest BCUT2D eigenvalue weighted by molar-refractivity contribution is 9.10. The first kappa shape index (κ1) is 22.8. The second-order valence-electron chi connectivity index (χ2n) is 7.41. The van der Waals surface area contributed by atoms with Crippen LogP contribution in [0.4, 0.5) is 0 Å². The van der Waals surface area contributed by atoms with Crippen molar-refractivity contribution in [3.8, 4) is 0 Å². The lowest BCUT2D eigenvalue weighted by Crippen LogP contribution is -2.50. The smallest absolute Gasteiger partial charge is 0.243 e. The minimum absolute atomic E-state index is 0.0682. The van der Waals surface area contributed by atoms with Crippen LogP contribution >= 0.6 is 15.9 Å². The van der Waals surface area contributed by atoms with E-state index in [1.54, 1.807) is 4.90 Å². The van der Waals surface area contributed by atoms with Crippen LogP contribution in [0.2, 0.25) is 0 Å². The fourth-order valence-electron chi connectivity index (χ4n) is 3.50. The molecule has 0 aromatic heterocycles. The molecule has 0 saturated carbocycles. The van der Waals surface area contributed by atoms with Gasteiger partial charge in [-0.25, -0.2) is 0 Å². The molecule has 0 aliphatic heterocycles. The molecule has 31 heavy (non-hydrogen) atoms. The molecule has 5 heteroatoms. The van der Waals surface area contributed by atoms with Gasteiger partial charge in [0.15, 0.2) is 0 Å². The summed E-state index contributed by atoms with van der Waals surface area (Å²) in [6.45, 7) is 2.78. The summed E-state index contributed by atoms with van der Waals surface area (Å²) in [5, 5.41) is 2.92. The molecule has 0 spiro atoms. The van der Waals surface area contributed by atoms with Crippen LogP contribution in [0.25, 0.3) is 0 Å². The molecule has 0 saturated heterocycles. The van der Waals surface area contributed by atoms with Crippen molar-refractivity contribution in [2.45, 2.75) is 32.4 Å². The fourth-order valence-corrected chi connectivity index (χ4v) is 3.77. The van der Waals surface area contributed by atoms with E-state index < -0.39 is 6.04 Å². The summed E-state index contributed by atoms with van der Waals surface area (Å²) in [7, 11) is 0. The fraction of sp³-hybridized carbons (Fsp3) is 0.231. The Bertz CT molecular complexity index is 975. The number of benzene rings is 3. The van der Waals surface area contributed by atoms with Crippen LogP contribution in [0.3, 0.4) is 0 Å². The van der Waals surface area contributed by atoms with Crippen LogP contribution in [0.1, 0.15) is 23.6 Å². The first-order valence-corrected chi connectivity index (χ1v) is 11.3. The van der Waals surface area contributed by atoms with Crippen molar-refractivity contribution in [2.75, 3.05) is 6.54 Å². The van der Waals surface area contributed by atoms with Crippen molar-refractivity contribution >= 4 is 27.7 Å². The summed E-state index contributed by atoms with van der Waals surface area (Å²) in [4.78, 5) is 28.3. The first-order chi connectivity index (χ1) is 15.1. The van der Waals surface area contributed by atoms with Gasteiger partial charge in [-0.05, 0) is 35.7 Å². The van der Waals surface area contributed by atoms with Gasteiger partial charge in [-0.1, -0.05) is 88.7 Å². The van der Waals surface area contributed by atoms with Gasteiger partial charge in [-0.3, -0.25) is 9.59 Å². The topological polar surface area (TPSA) is 49.4 Å². The largest absolute Gasteiger partial charge is 0.355 e. The molecule has 3 aromatic carbocycles. The lowest BCUT2D eigenvalue weighted by atomic mass is 10.0. The Morgan fingerprint density at radius 2 is 1.42 bits per heavy atom. The van der Waals surface area contributed by atoms with Crippen LogP contribution < -0.4 is 5.32 Å². The van der Waals surface area contributed by atoms with E-state index in [2.05, 4.69) is 21.2 Å². The number of likely N-dealkylation sites (N-methyl/N-ethyl adjacent to an activating group) is 1. The van der Waals surface area contributed by atoms with Crippen molar-refractivity contribution in [1.29, 1.82) is 0 Å². The van der Waals surface area contributed by atoms with Crippen molar-refractivity contribution in [1.82, 2.24) is 10.2 Å². The molecule has 0 aliphatic rings. The van der Waals surface area contributed by atoms with Crippen LogP contribution in [-0.4, -0.2) is 29.3 Å². The van der Waals surface area contributed by atoms with Crippen LogP contribution in [0, 0.1) is 0 Å². The molecule has 1 N–H and O–H groups in total. The monoisotopic (exact) mass is 478 g/mol. The standard InChI is InChI=1S/C26H27BrN2O2/c1-2-28-26(31)24(17-20-9-5-3-6-10-20)29(19-22-13-15-23(27)16-14-22)25(30)18-21-11-7-4-8-12-21/h3-16,24H,2,17-19H2,1H3,(H,28,31)/t24-/m1/s1. The highest BCUT2D eigenvalue weighted by Gasteiger charge is 2.30. The van der Waals surface area contributed by atoms with Gasteiger partial charge in [0, 0.05) is 24.0 Å². The highest BCUT2D eigenvalue weighted by Crippen LogP contribution is 2.18. The number of amides is 2. The Morgan fingerprint density at radius 3 is 2.00 bits per heavy atom. The SMILES string of the molecule is CCNC(=O)[C@@H](Cc1ccccc1)N(Cc1ccc(Br)cc1)C(=O)Cc1ccccc1. The van der Waals surface area contributed by atoms with Gasteiger partial charge in [0.2, 0.25) is 11.8 Å². The summed E-state index contributed by atoms with van der Waals surface area (Å²) in [5.41, 5.74) is 2.93. The average Bonchev–Trinajstić information content (AvgIpc) is 2.79. The maximum atomic E-state index is 13.5. The minimum Gasteiger partial charge on any atom is -0.355 e. The zero-order valence-electron chi connectivity index (χ0n) is 17.6. The molecular formula is C26H27BrN2O2. The highest BCUT2D eigenvalue weighted by atomic mass is 79.9. The molecule has 3 rings (SSSR count). The summed E-state index contributed by atoms with van der Waals surface area (Å²) in [5.74, 6) is -0.203. The number of carbonyl (C=O) groups excluding carboxylic acids is 2. The summed E-state index contributed by atoms with van der Waals surface area (Å²) in [6.07, 6.45) is 0.714. The van der Waals surface area contributed by atoms with Gasteiger partial charge in [0.25, 0.3) is 0 Å². The molecule has 160 valence electrons. The summed E-state index contributed by atoms with van der Waals surface area (Å²) < 4.78 is 0.975. The maximum absolute atomic E-state index is 13.5. The number of nitrogens with zero attached hydrogens (tertiary/aromatic N) is 1. The Morgan fingerprint density at radius 1 is 0.839 bits per heavy atom. The van der Waals surface area contributed by atoms with E-state index in [1.807, 2.05) is 91.9 Å². The Kier molecular flexibility index (Phi) is 8.42. The minimum atomic E-state index is -0.595. The summed E-state index contributed by atoms with van der Waals surface area (Å²) >= 11 is 3.46. The van der Waals surface area contributed by atoms with E-state index in [0.29, 0.717) is 19.5 Å². The molecule has 0 bridgehead atoms. The van der Waals surface area contributed by atoms with Crippen molar-refractivity contribution in [3.05, 3.63) is 106 Å². The third-order valence-electron chi connectivity index (χ3n) is 5.09. The van der Waals surface area contributed by atoms with Crippen molar-refractivity contribution < 1.29 is 9.59 Å². The van der Waals surface area contributed by atoms with Gasteiger partial charge < -0.3 is 10.2 Å². The quantitative estimate of drug-likeness (QED) is 0.481. The second kappa shape index (κ2) is 11.5. The summed E-state index contributed by atoms with van der Waals surface area (Å²) in [6, 6.07) is 26.8. The second-order valence-corrected chi connectivity index (χ2v) is 8.33. The van der Waals surface area contributed by atoms with Gasteiger partial charge >= 0.3 is 0 Å². The molecule has 3 aromatic rings. The predicted octanol–water partition coefficient (Wildman–Crippen LogP) is 4.77. The molecule has 0 heterocycles. The molecular weight excluding hydrogens is 452 g/mol. The molecule has 0 unspecified atom stereocenters. The van der Waals surface area contributed by atoms with Crippen molar-refractivity contribution in [3.63, 3.8) is 0 Å². The predicted molar refractivity (Wildman–Crippen MR) is 127 cm³/mol. The number of nitrogens with one attached hydrogen (secondary N) is 1. The van der Waals surface area contributed by atoms with Crippen LogP contribution in [-0.2, 0) is 29.0 Å². The number of hydrogen-bond acceptors (Lipinski definition) is 2. The maximum Gasteiger partial charge on any atom is 0.243 e. The number of hydrogen-bond donors (Lipinski definition) is 1. The molecule has 0 fully saturated rings. The molecule has 2 amide bonds. The van der Waals surface area contributed by atoms with E-state index >= 15 is 0 Å². The third kappa shape index (κ3) is 6.79. The van der Waals surface area contributed by atoms with Crippen LogP contribution in [0.5, 0.6) is 0 Å². The van der Waals surface area contributed by atoms with Gasteiger partial charge in [0.1, 0.15) is 6.04 Å². The Balaban J connectivity index is 1.93. The molecule has 4 nitrogen and oxygen atoms in total. The van der Waals surface area contributed by atoms with Gasteiger partial charge in [0.05, 0.1) is 6.42 Å². The Labute approximate surface area is 192 Å². The van der Waals surface area contributed by atoms with E-state index in [4.69, 9.17) is 0 Å². The molecule has 0 radical (unpaired) electrons. The number of carbonyl (C=O) groups is 2. The lowest BCUT2D eigenvalue weighted by molar-refractivity contribution is -0.140. The molecule has 0 aliphatic carbocycles. The van der Waals surface area contributed by atoms with Gasteiger partial charge in [-0.15, -0.1) is 0 Å². The van der Waals surface area contributed by atoms with Crippen LogP contribution in [0.15, 0.2) is 89.4 Å². The van der Waals surface area contributed by atoms with Crippen molar-refractivity contribution in [2.24, 2.45) is 0 Å². The lowest BCUT2D eigenvalue weighted by Gasteiger charge is -2.31. The van der Waals surface area contributed by atoms with E-state index in [0.717, 1.165) is 21.2 Å². The number of halogens is 1.